The van der Waals surface area contributed by atoms with Gasteiger partial charge in [-0.3, -0.25) is 4.72 Å². The van der Waals surface area contributed by atoms with Crippen LogP contribution in [-0.4, -0.2) is 8.42 Å². The number of rotatable bonds is 4. The molecule has 0 fully saturated rings. The molecule has 0 unspecified atom stereocenters. The van der Waals surface area contributed by atoms with Crippen LogP contribution in [0.25, 0.3) is 0 Å². The number of halogens is 2. The van der Waals surface area contributed by atoms with Gasteiger partial charge in [-0.1, -0.05) is 22.0 Å². The summed E-state index contributed by atoms with van der Waals surface area (Å²) in [4.78, 5) is 0.0253. The van der Waals surface area contributed by atoms with E-state index in [1.807, 2.05) is 13.0 Å². The second-order valence-corrected chi connectivity index (χ2v) is 7.30. The van der Waals surface area contributed by atoms with Gasteiger partial charge in [0.1, 0.15) is 10.7 Å². The Balaban J connectivity index is 2.40. The third-order valence-electron chi connectivity index (χ3n) is 2.71. The van der Waals surface area contributed by atoms with Gasteiger partial charge in [-0.15, -0.1) is 0 Å². The lowest BCUT2D eigenvalue weighted by Gasteiger charge is -2.10. The number of sulfonamides is 1. The molecule has 0 aliphatic heterocycles. The van der Waals surface area contributed by atoms with Crippen LogP contribution in [0.3, 0.4) is 0 Å². The summed E-state index contributed by atoms with van der Waals surface area (Å²) in [5.74, 6) is 0.392. The maximum atomic E-state index is 12.4. The highest BCUT2D eigenvalue weighted by molar-refractivity contribution is 9.10. The molecule has 0 amide bonds. The Morgan fingerprint density at radius 3 is 2.65 bits per heavy atom. The molecular weight excluding hydrogens is 412 g/mol. The minimum Gasteiger partial charge on any atom is -0.452 e. The van der Waals surface area contributed by atoms with Gasteiger partial charge in [0, 0.05) is 10.5 Å². The molecule has 2 rings (SSSR count). The van der Waals surface area contributed by atoms with Crippen molar-refractivity contribution in [2.75, 3.05) is 4.72 Å². The van der Waals surface area contributed by atoms with E-state index in [-0.39, 0.29) is 16.1 Å². The zero-order valence-corrected chi connectivity index (χ0v) is 14.5. The number of hydrogen-bond acceptors (Lipinski definition) is 4. The third kappa shape index (κ3) is 3.08. The topological polar surface area (TPSA) is 85.3 Å². The Morgan fingerprint density at radius 1 is 1.35 bits per heavy atom. The molecule has 0 saturated heterocycles. The summed E-state index contributed by atoms with van der Waals surface area (Å²) in [6.07, 6.45) is 0. The Kier molecular flexibility index (Phi) is 4.58. The lowest BCUT2D eigenvalue weighted by Crippen LogP contribution is -2.13. The van der Waals surface area contributed by atoms with Gasteiger partial charge in [-0.25, -0.2) is 8.42 Å². The van der Waals surface area contributed by atoms with E-state index < -0.39 is 10.0 Å². The molecular formula is C12H12Br2N2O3S. The van der Waals surface area contributed by atoms with E-state index in [9.17, 15) is 8.42 Å². The predicted octanol–water partition coefficient (Wildman–Crippen LogP) is 3.37. The lowest BCUT2D eigenvalue weighted by atomic mass is 10.2. The molecule has 0 radical (unpaired) electrons. The fourth-order valence-corrected chi connectivity index (χ4v) is 4.09. The minimum absolute atomic E-state index is 0.0253. The Morgan fingerprint density at radius 2 is 2.05 bits per heavy atom. The lowest BCUT2D eigenvalue weighted by molar-refractivity contribution is 0.484. The summed E-state index contributed by atoms with van der Waals surface area (Å²) in [6.45, 7) is 1.95. The van der Waals surface area contributed by atoms with Crippen LogP contribution >= 0.6 is 31.9 Å². The zero-order chi connectivity index (χ0) is 14.9. The largest absolute Gasteiger partial charge is 0.452 e. The molecule has 5 nitrogen and oxygen atoms in total. The van der Waals surface area contributed by atoms with Crippen LogP contribution in [0.4, 0.5) is 5.69 Å². The van der Waals surface area contributed by atoms with Crippen LogP contribution in [-0.2, 0) is 16.6 Å². The van der Waals surface area contributed by atoms with Gasteiger partial charge in [-0.05, 0) is 40.5 Å². The molecule has 3 N–H and O–H groups in total. The molecule has 108 valence electrons. The van der Waals surface area contributed by atoms with Crippen LogP contribution in [0.15, 0.2) is 42.7 Å². The monoisotopic (exact) mass is 422 g/mol. The fraction of sp³-hybridized carbons (Fsp3) is 0.167. The molecule has 0 saturated carbocycles. The Labute approximate surface area is 133 Å². The molecule has 2 aromatic rings. The summed E-state index contributed by atoms with van der Waals surface area (Å²) < 4.78 is 33.4. The zero-order valence-electron chi connectivity index (χ0n) is 10.5. The van der Waals surface area contributed by atoms with Crippen molar-refractivity contribution < 1.29 is 12.8 Å². The number of hydrogen-bond donors (Lipinski definition) is 2. The van der Waals surface area contributed by atoms with Crippen LogP contribution in [0.5, 0.6) is 0 Å². The number of nitrogens with one attached hydrogen (secondary N) is 1. The quantitative estimate of drug-likeness (QED) is 0.789. The van der Waals surface area contributed by atoms with E-state index in [1.54, 1.807) is 12.1 Å². The fourth-order valence-electron chi connectivity index (χ4n) is 1.60. The number of anilines is 1. The summed E-state index contributed by atoms with van der Waals surface area (Å²) >= 11 is 6.45. The second kappa shape index (κ2) is 5.88. The smallest absolute Gasteiger partial charge is 0.266 e. The van der Waals surface area contributed by atoms with Gasteiger partial charge in [0.25, 0.3) is 10.0 Å². The van der Waals surface area contributed by atoms with Crippen molar-refractivity contribution in [3.8, 4) is 0 Å². The first kappa shape index (κ1) is 15.6. The van der Waals surface area contributed by atoms with Crippen molar-refractivity contribution >= 4 is 47.6 Å². The van der Waals surface area contributed by atoms with E-state index >= 15 is 0 Å². The van der Waals surface area contributed by atoms with Gasteiger partial charge in [0.15, 0.2) is 4.67 Å². The molecule has 1 aromatic carbocycles. The standard InChI is InChI=1S/C12H12Br2N2O3S/c1-7-9(13)3-2-4-10(7)16-20(17,18)11-5-8(6-15)19-12(11)14/h2-5,16H,6,15H2,1H3. The molecule has 1 aromatic heterocycles. The van der Waals surface area contributed by atoms with E-state index in [0.29, 0.717) is 11.4 Å². The van der Waals surface area contributed by atoms with Crippen LogP contribution < -0.4 is 10.5 Å². The normalized spacial score (nSPS) is 11.6. The van der Waals surface area contributed by atoms with E-state index in [0.717, 1.165) is 10.0 Å². The maximum absolute atomic E-state index is 12.4. The first-order chi connectivity index (χ1) is 9.35. The van der Waals surface area contributed by atoms with Crippen molar-refractivity contribution in [1.82, 2.24) is 0 Å². The first-order valence-corrected chi connectivity index (χ1v) is 8.68. The number of benzene rings is 1. The summed E-state index contributed by atoms with van der Waals surface area (Å²) in [7, 11) is -3.74. The molecule has 1 heterocycles. The summed E-state index contributed by atoms with van der Waals surface area (Å²) in [6, 6.07) is 6.69. The van der Waals surface area contributed by atoms with Crippen molar-refractivity contribution in [2.45, 2.75) is 18.4 Å². The SMILES string of the molecule is Cc1c(Br)cccc1NS(=O)(=O)c1cc(CN)oc1Br. The second-order valence-electron chi connectivity index (χ2n) is 4.07. The van der Waals surface area contributed by atoms with Crippen molar-refractivity contribution in [3.05, 3.63) is 44.7 Å². The number of furan rings is 1. The molecule has 0 bridgehead atoms. The van der Waals surface area contributed by atoms with Gasteiger partial charge < -0.3 is 10.2 Å². The average Bonchev–Trinajstić information content (AvgIpc) is 2.77. The van der Waals surface area contributed by atoms with Crippen molar-refractivity contribution in [3.63, 3.8) is 0 Å². The summed E-state index contributed by atoms with van der Waals surface area (Å²) in [5.41, 5.74) is 6.74. The molecule has 0 aliphatic carbocycles. The Hall–Kier alpha value is -0.830. The summed E-state index contributed by atoms with van der Waals surface area (Å²) in [5, 5.41) is 0. The Bertz CT molecular complexity index is 741. The van der Waals surface area contributed by atoms with Crippen LogP contribution in [0.2, 0.25) is 0 Å². The molecule has 20 heavy (non-hydrogen) atoms. The predicted molar refractivity (Wildman–Crippen MR) is 84.0 cm³/mol. The highest BCUT2D eigenvalue weighted by Crippen LogP contribution is 2.30. The minimum atomic E-state index is -3.74. The van der Waals surface area contributed by atoms with E-state index in [1.165, 1.54) is 6.07 Å². The molecule has 0 atom stereocenters. The molecule has 8 heteroatoms. The first-order valence-electron chi connectivity index (χ1n) is 5.61. The number of nitrogens with two attached hydrogens (primary N) is 1. The van der Waals surface area contributed by atoms with Gasteiger partial charge >= 0.3 is 0 Å². The third-order valence-corrected chi connectivity index (χ3v) is 5.79. The highest BCUT2D eigenvalue weighted by atomic mass is 79.9. The van der Waals surface area contributed by atoms with Gasteiger partial charge in [0.05, 0.1) is 12.2 Å². The highest BCUT2D eigenvalue weighted by Gasteiger charge is 2.23. The van der Waals surface area contributed by atoms with Gasteiger partial charge in [-0.2, -0.15) is 0 Å². The maximum Gasteiger partial charge on any atom is 0.266 e. The molecule has 0 spiro atoms. The van der Waals surface area contributed by atoms with Crippen LogP contribution in [0, 0.1) is 6.92 Å². The van der Waals surface area contributed by atoms with E-state index in [4.69, 9.17) is 10.2 Å². The van der Waals surface area contributed by atoms with Crippen LogP contribution in [0.1, 0.15) is 11.3 Å². The average molecular weight is 424 g/mol. The van der Waals surface area contributed by atoms with E-state index in [2.05, 4.69) is 36.6 Å². The van der Waals surface area contributed by atoms with Crippen molar-refractivity contribution in [2.24, 2.45) is 5.73 Å². The molecule has 0 aliphatic rings. The van der Waals surface area contributed by atoms with Crippen molar-refractivity contribution in [1.29, 1.82) is 0 Å². The van der Waals surface area contributed by atoms with Gasteiger partial charge in [0.2, 0.25) is 0 Å².